The van der Waals surface area contributed by atoms with Gasteiger partial charge in [0.05, 0.1) is 9.88 Å². The highest BCUT2D eigenvalue weighted by molar-refractivity contribution is 7.16. The fraction of sp³-hybridized carbons (Fsp3) is 0.714. The van der Waals surface area contributed by atoms with E-state index in [1.165, 1.54) is 37.0 Å². The van der Waals surface area contributed by atoms with Crippen LogP contribution in [0.5, 0.6) is 0 Å². The zero-order valence-corrected chi connectivity index (χ0v) is 12.1. The Bertz CT molecular complexity index is 408. The molecule has 4 heteroatoms. The van der Waals surface area contributed by atoms with Crippen LogP contribution in [-0.2, 0) is 0 Å². The standard InChI is InChI=1S/C14H20ClNOS/c15-12-6-5-11(18-12)13(17)14(7-1-2-8-14)16-9-3-4-10-16/h5-6,13,17H,1-4,7-10H2. The number of thiophene rings is 1. The second kappa shape index (κ2) is 5.12. The van der Waals surface area contributed by atoms with E-state index in [0.29, 0.717) is 0 Å². The molecule has 0 spiro atoms. The Morgan fingerprint density at radius 3 is 2.39 bits per heavy atom. The zero-order chi connectivity index (χ0) is 12.6. The average Bonchev–Trinajstić information content (AvgIpc) is 3.09. The largest absolute Gasteiger partial charge is 0.386 e. The van der Waals surface area contributed by atoms with Crippen molar-refractivity contribution in [3.8, 4) is 0 Å². The van der Waals surface area contributed by atoms with Gasteiger partial charge >= 0.3 is 0 Å². The summed E-state index contributed by atoms with van der Waals surface area (Å²) in [5.74, 6) is 0. The Morgan fingerprint density at radius 1 is 1.17 bits per heavy atom. The summed E-state index contributed by atoms with van der Waals surface area (Å²) >= 11 is 7.54. The van der Waals surface area contributed by atoms with Gasteiger partial charge < -0.3 is 5.11 Å². The second-order valence-corrected chi connectivity index (χ2v) is 7.30. The van der Waals surface area contributed by atoms with Gasteiger partial charge in [0.1, 0.15) is 6.10 Å². The fourth-order valence-electron chi connectivity index (χ4n) is 3.65. The first-order valence-electron chi connectivity index (χ1n) is 6.91. The van der Waals surface area contributed by atoms with E-state index in [9.17, 15) is 5.11 Å². The van der Waals surface area contributed by atoms with E-state index < -0.39 is 0 Å². The van der Waals surface area contributed by atoms with Gasteiger partial charge in [0.25, 0.3) is 0 Å². The Balaban J connectivity index is 1.88. The third kappa shape index (κ3) is 2.11. The molecule has 1 aromatic rings. The maximum Gasteiger partial charge on any atom is 0.106 e. The van der Waals surface area contributed by atoms with Crippen molar-refractivity contribution in [3.63, 3.8) is 0 Å². The molecule has 18 heavy (non-hydrogen) atoms. The number of aliphatic hydroxyl groups is 1. The SMILES string of the molecule is OC(c1ccc(Cl)s1)C1(N2CCCC2)CCCC1. The Kier molecular flexibility index (Phi) is 3.68. The van der Waals surface area contributed by atoms with Crippen LogP contribution in [0.25, 0.3) is 0 Å². The van der Waals surface area contributed by atoms with E-state index in [4.69, 9.17) is 11.6 Å². The number of aliphatic hydroxyl groups excluding tert-OH is 1. The lowest BCUT2D eigenvalue weighted by Gasteiger charge is -2.42. The van der Waals surface area contributed by atoms with E-state index in [1.54, 1.807) is 0 Å². The van der Waals surface area contributed by atoms with Gasteiger partial charge in [-0.15, -0.1) is 11.3 Å². The first-order valence-corrected chi connectivity index (χ1v) is 8.10. The summed E-state index contributed by atoms with van der Waals surface area (Å²) in [5.41, 5.74) is -0.00924. The van der Waals surface area contributed by atoms with Crippen molar-refractivity contribution in [2.24, 2.45) is 0 Å². The van der Waals surface area contributed by atoms with Gasteiger partial charge in [-0.05, 0) is 50.9 Å². The highest BCUT2D eigenvalue weighted by Crippen LogP contribution is 2.47. The van der Waals surface area contributed by atoms with Gasteiger partial charge in [0.2, 0.25) is 0 Å². The summed E-state index contributed by atoms with van der Waals surface area (Å²) in [6.07, 6.45) is 6.93. The molecule has 1 aromatic heterocycles. The molecule has 2 heterocycles. The van der Waals surface area contributed by atoms with E-state index in [0.717, 1.165) is 35.1 Å². The van der Waals surface area contributed by atoms with Gasteiger partial charge in [-0.3, -0.25) is 4.90 Å². The lowest BCUT2D eigenvalue weighted by molar-refractivity contribution is -0.0175. The summed E-state index contributed by atoms with van der Waals surface area (Å²) in [7, 11) is 0. The van der Waals surface area contributed by atoms with Gasteiger partial charge in [-0.1, -0.05) is 24.4 Å². The number of likely N-dealkylation sites (tertiary alicyclic amines) is 1. The van der Waals surface area contributed by atoms with Crippen LogP contribution in [0.3, 0.4) is 0 Å². The first kappa shape index (κ1) is 12.9. The minimum atomic E-state index is -0.365. The van der Waals surface area contributed by atoms with Gasteiger partial charge in [0.15, 0.2) is 0 Å². The van der Waals surface area contributed by atoms with Crippen molar-refractivity contribution in [2.45, 2.75) is 50.2 Å². The van der Waals surface area contributed by atoms with Crippen LogP contribution >= 0.6 is 22.9 Å². The molecule has 1 aliphatic carbocycles. The van der Waals surface area contributed by atoms with Crippen molar-refractivity contribution in [2.75, 3.05) is 13.1 Å². The molecule has 1 N–H and O–H groups in total. The third-order valence-corrected chi connectivity index (χ3v) is 5.86. The van der Waals surface area contributed by atoms with Crippen LogP contribution in [0.1, 0.15) is 49.5 Å². The van der Waals surface area contributed by atoms with E-state index in [1.807, 2.05) is 12.1 Å². The molecule has 0 bridgehead atoms. The summed E-state index contributed by atoms with van der Waals surface area (Å²) in [6.45, 7) is 2.30. The Hall–Kier alpha value is -0.0900. The van der Waals surface area contributed by atoms with Crippen LogP contribution in [0.4, 0.5) is 0 Å². The highest BCUT2D eigenvalue weighted by atomic mass is 35.5. The minimum Gasteiger partial charge on any atom is -0.386 e. The van der Waals surface area contributed by atoms with Crippen molar-refractivity contribution in [3.05, 3.63) is 21.3 Å². The van der Waals surface area contributed by atoms with Crippen molar-refractivity contribution < 1.29 is 5.11 Å². The van der Waals surface area contributed by atoms with Crippen LogP contribution in [-0.4, -0.2) is 28.6 Å². The lowest BCUT2D eigenvalue weighted by atomic mass is 9.87. The molecule has 1 aliphatic heterocycles. The summed E-state index contributed by atoms with van der Waals surface area (Å²) in [5, 5.41) is 10.9. The molecular formula is C14H20ClNOS. The third-order valence-electron chi connectivity index (χ3n) is 4.58. The molecule has 1 saturated carbocycles. The van der Waals surface area contributed by atoms with E-state index in [-0.39, 0.29) is 11.6 Å². The normalized spacial score (nSPS) is 25.7. The topological polar surface area (TPSA) is 23.5 Å². The number of rotatable bonds is 3. The van der Waals surface area contributed by atoms with Crippen molar-refractivity contribution >= 4 is 22.9 Å². The zero-order valence-electron chi connectivity index (χ0n) is 10.6. The maximum atomic E-state index is 10.9. The van der Waals surface area contributed by atoms with E-state index in [2.05, 4.69) is 4.90 Å². The number of halogens is 1. The molecule has 2 fully saturated rings. The van der Waals surface area contributed by atoms with Crippen LogP contribution in [0, 0.1) is 0 Å². The monoisotopic (exact) mass is 285 g/mol. The molecule has 1 atom stereocenters. The molecule has 1 saturated heterocycles. The van der Waals surface area contributed by atoms with Gasteiger partial charge in [-0.25, -0.2) is 0 Å². The summed E-state index contributed by atoms with van der Waals surface area (Å²) in [6, 6.07) is 3.89. The summed E-state index contributed by atoms with van der Waals surface area (Å²) < 4.78 is 0.776. The molecule has 1 unspecified atom stereocenters. The second-order valence-electron chi connectivity index (χ2n) is 5.55. The Labute approximate surface area is 118 Å². The molecule has 100 valence electrons. The number of nitrogens with zero attached hydrogens (tertiary/aromatic N) is 1. The van der Waals surface area contributed by atoms with Crippen LogP contribution in [0.2, 0.25) is 4.34 Å². The maximum absolute atomic E-state index is 10.9. The molecular weight excluding hydrogens is 266 g/mol. The van der Waals surface area contributed by atoms with Crippen LogP contribution in [0.15, 0.2) is 12.1 Å². The molecule has 2 nitrogen and oxygen atoms in total. The molecule has 0 radical (unpaired) electrons. The predicted octanol–water partition coefficient (Wildman–Crippen LogP) is 3.84. The number of hydrogen-bond donors (Lipinski definition) is 1. The van der Waals surface area contributed by atoms with Crippen molar-refractivity contribution in [1.82, 2.24) is 4.90 Å². The smallest absolute Gasteiger partial charge is 0.106 e. The van der Waals surface area contributed by atoms with Gasteiger partial charge in [0, 0.05) is 4.88 Å². The molecule has 2 aliphatic rings. The Morgan fingerprint density at radius 2 is 1.83 bits per heavy atom. The predicted molar refractivity (Wildman–Crippen MR) is 76.3 cm³/mol. The quantitative estimate of drug-likeness (QED) is 0.912. The lowest BCUT2D eigenvalue weighted by Crippen LogP contribution is -2.49. The highest BCUT2D eigenvalue weighted by Gasteiger charge is 2.47. The molecule has 0 aromatic carbocycles. The minimum absolute atomic E-state index is 0.00924. The van der Waals surface area contributed by atoms with E-state index >= 15 is 0 Å². The number of hydrogen-bond acceptors (Lipinski definition) is 3. The summed E-state index contributed by atoms with van der Waals surface area (Å²) in [4.78, 5) is 3.58. The van der Waals surface area contributed by atoms with Crippen LogP contribution < -0.4 is 0 Å². The van der Waals surface area contributed by atoms with Gasteiger partial charge in [-0.2, -0.15) is 0 Å². The molecule has 3 rings (SSSR count). The van der Waals surface area contributed by atoms with Crippen molar-refractivity contribution in [1.29, 1.82) is 0 Å². The fourth-order valence-corrected chi connectivity index (χ4v) is 4.81. The average molecular weight is 286 g/mol. The molecule has 0 amide bonds. The first-order chi connectivity index (χ1) is 8.72.